The molecule has 0 saturated heterocycles. The van der Waals surface area contributed by atoms with Crippen LogP contribution in [0.2, 0.25) is 0 Å². The summed E-state index contributed by atoms with van der Waals surface area (Å²) in [4.78, 5) is 11.0. The minimum Gasteiger partial charge on any atom is -0.508 e. The van der Waals surface area contributed by atoms with E-state index in [1.807, 2.05) is 32.5 Å². The summed E-state index contributed by atoms with van der Waals surface area (Å²) in [5.74, 6) is 3.19. The second-order valence-electron chi connectivity index (χ2n) is 4.64. The van der Waals surface area contributed by atoms with E-state index < -0.39 is 6.80 Å². The van der Waals surface area contributed by atoms with E-state index in [2.05, 4.69) is 6.92 Å². The number of Topliss-reactive ketones (excluding diaryl/α,β-unsaturated/α-hetero) is 1. The van der Waals surface area contributed by atoms with Crippen LogP contribution < -0.4 is 0 Å². The van der Waals surface area contributed by atoms with Crippen LogP contribution in [0.15, 0.2) is 24.3 Å². The van der Waals surface area contributed by atoms with Gasteiger partial charge < -0.3 is 14.2 Å². The molecule has 25 heavy (non-hydrogen) atoms. The van der Waals surface area contributed by atoms with Gasteiger partial charge in [-0.2, -0.15) is 11.8 Å². The normalized spacial score (nSPS) is 10.9. The molecular weight excluding hydrogens is 379 g/mol. The molecule has 1 N–H and O–H groups in total. The fraction of sp³-hybridized carbons (Fsp3) is 0.588. The van der Waals surface area contributed by atoms with Gasteiger partial charge in [0.15, 0.2) is 5.78 Å². The molecule has 0 aliphatic rings. The molecule has 0 amide bonds. The maximum absolute atomic E-state index is 11.9. The van der Waals surface area contributed by atoms with Crippen LogP contribution in [-0.2, 0) is 13.6 Å². The summed E-state index contributed by atoms with van der Waals surface area (Å²) in [6.07, 6.45) is 0.505. The third-order valence-corrected chi connectivity index (χ3v) is 7.91. The summed E-state index contributed by atoms with van der Waals surface area (Å²) in [6, 6.07) is 6.29. The Balaban J connectivity index is 0.000000472. The van der Waals surface area contributed by atoms with Crippen molar-refractivity contribution in [2.24, 2.45) is 0 Å². The second kappa shape index (κ2) is 14.7. The molecule has 5 nitrogen and oxygen atoms in total. The van der Waals surface area contributed by atoms with Crippen molar-refractivity contribution in [3.63, 3.8) is 0 Å². The second-order valence-corrected chi connectivity index (χ2v) is 10.2. The first-order valence-corrected chi connectivity index (χ1v) is 12.6. The van der Waals surface area contributed by atoms with Crippen LogP contribution in [0.5, 0.6) is 5.75 Å². The van der Waals surface area contributed by atoms with Gasteiger partial charge in [-0.15, -0.1) is 0 Å². The van der Waals surface area contributed by atoms with Crippen LogP contribution in [0.25, 0.3) is 0 Å². The van der Waals surface area contributed by atoms with E-state index in [9.17, 15) is 9.36 Å². The highest BCUT2D eigenvalue weighted by atomic mass is 32.7. The fourth-order valence-electron chi connectivity index (χ4n) is 1.63. The lowest BCUT2D eigenvalue weighted by Crippen LogP contribution is -1.94. The Hall–Kier alpha value is -0.460. The molecule has 0 fully saturated rings. The number of hydrogen-bond donors (Lipinski definition) is 1. The molecule has 0 aliphatic carbocycles. The minimum atomic E-state index is -2.86. The van der Waals surface area contributed by atoms with Gasteiger partial charge in [0.25, 0.3) is 0 Å². The monoisotopic (exact) mass is 408 g/mol. The Morgan fingerprint density at radius 3 is 2.04 bits per heavy atom. The molecule has 0 atom stereocenters. The van der Waals surface area contributed by atoms with Gasteiger partial charge in [0, 0.05) is 23.5 Å². The van der Waals surface area contributed by atoms with E-state index in [1.165, 1.54) is 23.5 Å². The molecule has 1 aromatic rings. The molecule has 144 valence electrons. The number of ketones is 1. The highest BCUT2D eigenvalue weighted by Crippen LogP contribution is 2.60. The smallest absolute Gasteiger partial charge is 0.389 e. The van der Waals surface area contributed by atoms with Gasteiger partial charge in [0.05, 0.1) is 13.2 Å². The van der Waals surface area contributed by atoms with Crippen molar-refractivity contribution < 1.29 is 23.5 Å². The van der Waals surface area contributed by atoms with Crippen LogP contribution >= 0.6 is 29.9 Å². The number of carbonyl (C=O) groups excluding carboxylic acids is 1. The molecule has 1 aromatic carbocycles. The summed E-state index contributed by atoms with van der Waals surface area (Å²) in [5.41, 5.74) is 0.658. The highest BCUT2D eigenvalue weighted by molar-refractivity contribution is 8.55. The van der Waals surface area contributed by atoms with Crippen LogP contribution in [0, 0.1) is 0 Å². The van der Waals surface area contributed by atoms with Crippen molar-refractivity contribution in [2.45, 2.75) is 34.1 Å². The van der Waals surface area contributed by atoms with E-state index in [4.69, 9.17) is 14.2 Å². The lowest BCUT2D eigenvalue weighted by Gasteiger charge is -2.15. The average molecular weight is 409 g/mol. The predicted molar refractivity (Wildman–Crippen MR) is 109 cm³/mol. The first-order chi connectivity index (χ1) is 11.9. The largest absolute Gasteiger partial charge is 0.508 e. The Morgan fingerprint density at radius 1 is 1.04 bits per heavy atom. The molecule has 0 radical (unpaired) electrons. The molecule has 0 heterocycles. The maximum atomic E-state index is 11.9. The highest BCUT2D eigenvalue weighted by Gasteiger charge is 2.23. The zero-order chi connectivity index (χ0) is 19.1. The van der Waals surface area contributed by atoms with Gasteiger partial charge in [-0.3, -0.25) is 4.79 Å². The molecule has 8 heteroatoms. The number of aromatic hydroxyl groups is 1. The van der Waals surface area contributed by atoms with E-state index in [0.717, 1.165) is 17.3 Å². The number of rotatable bonds is 11. The number of hydrogen-bond acceptors (Lipinski definition) is 7. The maximum Gasteiger partial charge on any atom is 0.389 e. The molecule has 0 spiro atoms. The summed E-state index contributed by atoms with van der Waals surface area (Å²) >= 11 is 3.14. The number of thioether (sulfide) groups is 1. The van der Waals surface area contributed by atoms with Crippen LogP contribution in [-0.4, -0.2) is 41.4 Å². The van der Waals surface area contributed by atoms with Crippen molar-refractivity contribution in [1.82, 2.24) is 0 Å². The van der Waals surface area contributed by atoms with Gasteiger partial charge in [-0.1, -0.05) is 13.8 Å². The van der Waals surface area contributed by atoms with Crippen molar-refractivity contribution in [1.29, 1.82) is 0 Å². The van der Waals surface area contributed by atoms with Gasteiger partial charge >= 0.3 is 6.80 Å². The molecule has 0 aromatic heterocycles. The first kappa shape index (κ1) is 24.5. The molecule has 0 saturated carbocycles. The Morgan fingerprint density at radius 2 is 1.60 bits per heavy atom. The van der Waals surface area contributed by atoms with Crippen LogP contribution in [0.4, 0.5) is 0 Å². The Labute approximate surface area is 159 Å². The third-order valence-electron chi connectivity index (χ3n) is 2.77. The van der Waals surface area contributed by atoms with Gasteiger partial charge in [0.1, 0.15) is 5.75 Å². The quantitative estimate of drug-likeness (QED) is 0.289. The topological polar surface area (TPSA) is 72.8 Å². The van der Waals surface area contributed by atoms with Gasteiger partial charge in [0.2, 0.25) is 0 Å². The van der Waals surface area contributed by atoms with Crippen molar-refractivity contribution in [3.05, 3.63) is 29.8 Å². The number of benzene rings is 1. The summed E-state index contributed by atoms with van der Waals surface area (Å²) in [5, 5.41) is 8.90. The van der Waals surface area contributed by atoms with Gasteiger partial charge in [-0.05, 0) is 55.2 Å². The third kappa shape index (κ3) is 11.7. The lowest BCUT2D eigenvalue weighted by molar-refractivity contribution is 0.0988. The molecule has 1 rings (SSSR count). The molecule has 0 aliphatic heterocycles. The Bertz CT molecular complexity index is 512. The van der Waals surface area contributed by atoms with E-state index in [-0.39, 0.29) is 11.5 Å². The lowest BCUT2D eigenvalue weighted by atomic mass is 10.1. The first-order valence-electron chi connectivity index (χ1n) is 8.35. The summed E-state index contributed by atoms with van der Waals surface area (Å²) < 4.78 is 22.2. The van der Waals surface area contributed by atoms with E-state index in [1.54, 1.807) is 12.1 Å². The zero-order valence-corrected chi connectivity index (χ0v) is 17.9. The van der Waals surface area contributed by atoms with Crippen molar-refractivity contribution in [3.8, 4) is 5.75 Å². The average Bonchev–Trinajstić information content (AvgIpc) is 2.60. The van der Waals surface area contributed by atoms with Crippen LogP contribution in [0.1, 0.15) is 44.5 Å². The SMILES string of the molecule is CCC(=O)c1ccc(O)cc1.CCOP(=O)(OCC)SCCSCC. The molecular formula is C17H29O5PS2. The van der Waals surface area contributed by atoms with E-state index >= 15 is 0 Å². The molecule has 0 unspecified atom stereocenters. The predicted octanol–water partition coefficient (Wildman–Crippen LogP) is 5.64. The summed E-state index contributed by atoms with van der Waals surface area (Å²) in [6.45, 7) is 5.59. The number of phenols is 1. The Kier molecular flexibility index (Phi) is 14.4. The van der Waals surface area contributed by atoms with Crippen molar-refractivity contribution in [2.75, 3.05) is 30.5 Å². The summed E-state index contributed by atoms with van der Waals surface area (Å²) in [7, 11) is 0. The minimum absolute atomic E-state index is 0.102. The van der Waals surface area contributed by atoms with Crippen LogP contribution in [0.3, 0.4) is 0 Å². The van der Waals surface area contributed by atoms with Gasteiger partial charge in [-0.25, -0.2) is 4.57 Å². The standard InChI is InChI=1S/C9H10O2.C8H19O3PS2/c1-2-9(11)7-3-5-8(10)6-4-7;1-4-10-12(9,11-5-2)14-8-7-13-6-3/h3-6,10H,2H2,1H3;4-8H2,1-3H3. The number of carbonyl (C=O) groups is 1. The fourth-order valence-corrected chi connectivity index (χ4v) is 6.19. The number of phenolic OH excluding ortho intramolecular Hbond substituents is 1. The zero-order valence-electron chi connectivity index (χ0n) is 15.4. The van der Waals surface area contributed by atoms with Crippen molar-refractivity contribution >= 4 is 35.7 Å². The molecule has 0 bridgehead atoms. The van der Waals surface area contributed by atoms with E-state index in [0.29, 0.717) is 25.2 Å².